The fourth-order valence-electron chi connectivity index (χ4n) is 22.5. The summed E-state index contributed by atoms with van der Waals surface area (Å²) in [6, 6.07) is 9.25. The molecule has 0 spiro atoms. The summed E-state index contributed by atoms with van der Waals surface area (Å²) in [5, 5.41) is 10.1. The molecule has 16 rings (SSSR count). The van der Waals surface area contributed by atoms with Crippen LogP contribution in [0.3, 0.4) is 0 Å². The van der Waals surface area contributed by atoms with Gasteiger partial charge in [-0.15, -0.1) is 0 Å². The fourth-order valence-corrected chi connectivity index (χ4v) is 22.5. The number of halogens is 6. The molecule has 6 amide bonds. The summed E-state index contributed by atoms with van der Waals surface area (Å²) >= 11 is 0. The van der Waals surface area contributed by atoms with E-state index in [4.69, 9.17) is 42.6 Å². The third kappa shape index (κ3) is 23.6. The van der Waals surface area contributed by atoms with Crippen LogP contribution in [0.25, 0.3) is 32.7 Å². The summed E-state index contributed by atoms with van der Waals surface area (Å²) in [6.07, 6.45) is 9.55. The van der Waals surface area contributed by atoms with Crippen molar-refractivity contribution >= 4 is 87.6 Å². The number of carbonyl (C=O) groups is 6. The van der Waals surface area contributed by atoms with E-state index in [0.717, 1.165) is 25.7 Å². The van der Waals surface area contributed by atoms with E-state index in [1.807, 2.05) is 81.2 Å². The molecular formula is C104H134F6N9O18V3-3. The Labute approximate surface area is 852 Å². The summed E-state index contributed by atoms with van der Waals surface area (Å²) in [5.41, 5.74) is -1.43. The van der Waals surface area contributed by atoms with Gasteiger partial charge in [0.2, 0.25) is 35.4 Å². The van der Waals surface area contributed by atoms with Crippen LogP contribution in [0.15, 0.2) is 54.6 Å². The van der Waals surface area contributed by atoms with Crippen molar-refractivity contribution in [2.75, 3.05) is 41.0 Å². The number of nitrogens with zero attached hydrogens (tertiary/aromatic N) is 6. The number of alkyl carbamates (subject to hydrolysis) is 3. The maximum atomic E-state index is 16.4. The van der Waals surface area contributed by atoms with Crippen LogP contribution in [0, 0.1) is 84.4 Å². The van der Waals surface area contributed by atoms with Crippen molar-refractivity contribution < 1.29 is 168 Å². The molecule has 763 valence electrons. The number of carbonyl (C=O) groups excluding carboxylic acids is 9. The summed E-state index contributed by atoms with van der Waals surface area (Å²) in [4.78, 5) is 137. The number of hydrogen-bond acceptors (Lipinski definition) is 21. The maximum Gasteiger partial charge on any atom is 0.408 e. The average molecular weight is 2070 g/mol. The van der Waals surface area contributed by atoms with Gasteiger partial charge in [-0.25, -0.2) is 74.5 Å². The van der Waals surface area contributed by atoms with Crippen LogP contribution in [0.5, 0.6) is 34.9 Å². The second kappa shape index (κ2) is 44.5. The summed E-state index contributed by atoms with van der Waals surface area (Å²) in [6.45, 7) is 28.5. The number of benzene rings is 3. The number of pyridine rings is 3. The standard InChI is InChI=1S/C36H46F2N3O6.C36H48F2N3O6.C32H40F2N3O6.3V/c1-7-22-27(18-42)41-17-29(22)46-32-30(19(2)23-12-11-21(45-6)16-26(23)39-32)36(37,38)13-9-8-10-24-25-14-20(25)15-28(24)47-34(44)40-31(33(41)43)35(3,4)5;1-8-24-27(20-42)41-19-28(24)46-31-29(21(2)25-15-14-23(45-7)18-26(25)39-31)36(37,38)17-10-9-12-22-13-11-16-35(22,6)47-33(44)40-30(32(41)43)34(3,4)5;1-17-21-11-10-20(41-6)14-22(21)35-28-26(17)32(33,34)12-8-7-9-19-13-24(19)43-30(40)36-27(31(3,4)5)29(39)37-15-25(42-28)18(2)23(37)16-38;;;/h11-12,16,20,22,24-25,27-29,31H,7-10,13-15,17H2,1-6H3,(H,40,44);14-15,18,22,24,27-28,30H,8-13,16-17,19H2,1-7H3,(H,40,44);10-11,14,18-19,23-25,27H,7-9,12-13,15H2,1-6H3,(H,36,40);;;/q3*-1;;;/t20?,22-,24+,25?,27+,28+,29-,31+;22-,24+,27-,28+,30-,35-;18-,19+,23+,24+,25-,27+;;;/m010.../s1. The smallest absolute Gasteiger partial charge is 0.408 e. The number of fused-ring (bicyclic) bond motifs is 17. The molecule has 4 aliphatic carbocycles. The van der Waals surface area contributed by atoms with Crippen LogP contribution in [-0.4, -0.2) is 198 Å². The number of ether oxygens (including phenoxy) is 9. The Morgan fingerprint density at radius 3 is 1.16 bits per heavy atom. The molecule has 6 bridgehead atoms. The molecule has 3 aromatic heterocycles. The molecule has 10 aliphatic rings. The van der Waals surface area contributed by atoms with Gasteiger partial charge in [-0.2, -0.15) is 0 Å². The molecule has 9 heterocycles. The summed E-state index contributed by atoms with van der Waals surface area (Å²) in [5.74, 6) is -10.9. The van der Waals surface area contributed by atoms with Gasteiger partial charge in [0.25, 0.3) is 17.8 Å². The quantitative estimate of drug-likeness (QED) is 0.0724. The second-order valence-corrected chi connectivity index (χ2v) is 42.9. The number of rotatable bonds is 8. The van der Waals surface area contributed by atoms with Crippen molar-refractivity contribution in [1.29, 1.82) is 0 Å². The van der Waals surface area contributed by atoms with Crippen molar-refractivity contribution in [1.82, 2.24) is 45.6 Å². The van der Waals surface area contributed by atoms with E-state index in [-0.39, 0.29) is 159 Å². The Morgan fingerprint density at radius 2 is 0.779 bits per heavy atom. The first kappa shape index (κ1) is 112. The molecule has 6 aliphatic heterocycles. The fraction of sp³-hybridized carbons (Fsp3) is 0.654. The predicted molar refractivity (Wildman–Crippen MR) is 499 cm³/mol. The third-order valence-electron chi connectivity index (χ3n) is 30.6. The van der Waals surface area contributed by atoms with Gasteiger partial charge in [0.05, 0.1) is 74.2 Å². The topological polar surface area (TPSA) is 321 Å². The van der Waals surface area contributed by atoms with Gasteiger partial charge in [-0.1, -0.05) is 133 Å². The molecule has 3 aromatic carbocycles. The number of amides is 6. The summed E-state index contributed by atoms with van der Waals surface area (Å²) in [7, 11) is 4.56. The van der Waals surface area contributed by atoms with Gasteiger partial charge in [0.15, 0.2) is 0 Å². The van der Waals surface area contributed by atoms with Crippen molar-refractivity contribution in [3.63, 3.8) is 0 Å². The van der Waals surface area contributed by atoms with E-state index in [0.29, 0.717) is 143 Å². The largest absolute Gasteiger partial charge is 0.540 e. The summed E-state index contributed by atoms with van der Waals surface area (Å²) < 4.78 is 151. The van der Waals surface area contributed by atoms with Crippen molar-refractivity contribution in [3.05, 3.63) is 88.0 Å². The van der Waals surface area contributed by atoms with Crippen LogP contribution in [0.2, 0.25) is 0 Å². The first-order valence-electron chi connectivity index (χ1n) is 48.7. The molecule has 36 heteroatoms. The number of methoxy groups -OCH3 is 3. The van der Waals surface area contributed by atoms with Crippen molar-refractivity contribution in [2.45, 2.75) is 329 Å². The van der Waals surface area contributed by atoms with Crippen LogP contribution in [0.4, 0.5) is 40.7 Å². The van der Waals surface area contributed by atoms with Crippen molar-refractivity contribution in [3.8, 4) is 34.9 Å². The Hall–Kier alpha value is -8.75. The Morgan fingerprint density at radius 1 is 0.429 bits per heavy atom. The van der Waals surface area contributed by atoms with Gasteiger partial charge in [-0.3, -0.25) is 14.4 Å². The minimum atomic E-state index is -3.27. The first-order valence-corrected chi connectivity index (χ1v) is 48.7. The van der Waals surface area contributed by atoms with E-state index in [2.05, 4.69) is 30.9 Å². The van der Waals surface area contributed by atoms with Crippen LogP contribution in [0.1, 0.15) is 252 Å². The van der Waals surface area contributed by atoms with Gasteiger partial charge in [0, 0.05) is 109 Å². The Balaban J connectivity index is 0.000000199. The molecule has 4 saturated carbocycles. The van der Waals surface area contributed by atoms with Gasteiger partial charge >= 0.3 is 18.3 Å². The number of alkyl halides is 6. The van der Waals surface area contributed by atoms with Crippen LogP contribution >= 0.6 is 0 Å². The van der Waals surface area contributed by atoms with Crippen LogP contribution in [-0.2, 0) is 116 Å². The van der Waals surface area contributed by atoms with Gasteiger partial charge in [0.1, 0.15) is 71.5 Å². The molecule has 6 aromatic rings. The van der Waals surface area contributed by atoms with Crippen LogP contribution < -0.4 is 44.4 Å². The number of aryl methyl sites for hydroxylation is 3. The molecule has 140 heavy (non-hydrogen) atoms. The van der Waals surface area contributed by atoms with E-state index >= 15 is 26.3 Å². The van der Waals surface area contributed by atoms with Gasteiger partial charge in [-0.05, 0) is 221 Å². The third-order valence-corrected chi connectivity index (χ3v) is 30.6. The molecule has 20 atom stereocenters. The van der Waals surface area contributed by atoms with E-state index in [1.54, 1.807) is 103 Å². The number of hydrogen-bond donors (Lipinski definition) is 3. The zero-order valence-electron chi connectivity index (χ0n) is 83.6. The number of nitrogens with one attached hydrogen (secondary N) is 3. The average Bonchev–Trinajstić information content (AvgIpc) is 1.55. The molecule has 7 fully saturated rings. The molecule has 27 nitrogen and oxygen atoms in total. The van der Waals surface area contributed by atoms with Crippen molar-refractivity contribution in [2.24, 2.45) is 63.6 Å². The van der Waals surface area contributed by atoms with Gasteiger partial charge < -0.3 is 87.7 Å². The minimum absolute atomic E-state index is 0. The van der Waals surface area contributed by atoms with E-state index < -0.39 is 167 Å². The molecular weight excluding hydrogens is 1930 g/mol. The second-order valence-electron chi connectivity index (χ2n) is 42.9. The normalized spacial score (nSPS) is 30.2. The monoisotopic (exact) mass is 2060 g/mol. The zero-order chi connectivity index (χ0) is 99.4. The Bertz CT molecular complexity index is 5410. The predicted octanol–water partition coefficient (Wildman–Crippen LogP) is 18.9. The minimum Gasteiger partial charge on any atom is -0.540 e. The molecule has 3 radical (unpaired) electrons. The SMILES string of the molecule is CC[C@@H]1[C@@H]2CN(C(=O)[C@H](C(C)(C)C)NC(=O)O[C@@H]3CC4CC4[C@H]3CCCCC(F)(F)c3c(nc4cc(OC)ccc4c3C)O2)[C@@H]1[C-]=O.CC[C@@H]1[C@@H]2CN(C(=O)[C@H](C(C)(C)C)NC(=O)O[C@]3(C)CCC[C@H]3CCCCC(F)(F)c3c(nc4cc(OC)ccc4c3C)O2)[C@@H]1[C-]=O.COc1ccc2c(C)c3c(nc2c1)O[C@H]1CN(C(=O)[C@H](C(C)(C)C)NC(=O)O[C@@H]2C[C@H]2CCCCC3(F)F)[C@H]([C-]=O)[C@@H]1C.[V].[V].[V]. The molecule has 3 N–H and O–H groups in total. The molecule has 2 unspecified atom stereocenters. The maximum absolute atomic E-state index is 16.4. The number of aromatic nitrogens is 3. The Kier molecular flexibility index (Phi) is 35.4. The van der Waals surface area contributed by atoms with E-state index in [9.17, 15) is 43.2 Å². The molecule has 3 saturated heterocycles. The zero-order valence-corrected chi connectivity index (χ0v) is 87.8. The van der Waals surface area contributed by atoms with E-state index in [1.165, 1.54) is 36.0 Å². The first-order chi connectivity index (χ1) is 64.6.